The Bertz CT molecular complexity index is 250. The van der Waals surface area contributed by atoms with E-state index in [0.717, 1.165) is 0 Å². The molecular formula is C8H10ClNO4. The smallest absolute Gasteiger partial charge is 0.330 e. The van der Waals surface area contributed by atoms with Crippen molar-refractivity contribution >= 4 is 29.4 Å². The predicted octanol–water partition coefficient (Wildman–Crippen LogP) is 0.613. The van der Waals surface area contributed by atoms with Crippen molar-refractivity contribution in [2.24, 2.45) is 0 Å². The van der Waals surface area contributed by atoms with E-state index in [-0.39, 0.29) is 19.3 Å². The third-order valence-corrected chi connectivity index (χ3v) is 1.98. The molecule has 1 heterocycles. The molecule has 0 bridgehead atoms. The van der Waals surface area contributed by atoms with Gasteiger partial charge < -0.3 is 4.84 Å². The summed E-state index contributed by atoms with van der Waals surface area (Å²) in [5, 5.41) is 0.538. The van der Waals surface area contributed by atoms with Crippen LogP contribution in [0.3, 0.4) is 0 Å². The van der Waals surface area contributed by atoms with Crippen LogP contribution in [-0.4, -0.2) is 28.7 Å². The Morgan fingerprint density at radius 3 is 2.43 bits per heavy atom. The predicted molar refractivity (Wildman–Crippen MR) is 47.1 cm³/mol. The number of imide groups is 1. The van der Waals surface area contributed by atoms with Gasteiger partial charge in [-0.25, -0.2) is 4.79 Å². The Morgan fingerprint density at radius 2 is 1.93 bits per heavy atom. The fraction of sp³-hybridized carbons (Fsp3) is 0.625. The van der Waals surface area contributed by atoms with Crippen molar-refractivity contribution in [1.29, 1.82) is 0 Å². The minimum atomic E-state index is -0.603. The van der Waals surface area contributed by atoms with Crippen LogP contribution in [0, 0.1) is 0 Å². The van der Waals surface area contributed by atoms with E-state index in [0.29, 0.717) is 17.4 Å². The SMILES string of the molecule is O=C(CCCCl)ON1C(=O)CCC1=O. The van der Waals surface area contributed by atoms with Crippen LogP contribution in [0.25, 0.3) is 0 Å². The van der Waals surface area contributed by atoms with Crippen molar-refractivity contribution in [3.63, 3.8) is 0 Å². The number of hydrogen-bond donors (Lipinski definition) is 0. The van der Waals surface area contributed by atoms with Crippen LogP contribution in [0.15, 0.2) is 0 Å². The number of hydroxylamine groups is 2. The Morgan fingerprint density at radius 1 is 1.36 bits per heavy atom. The Labute approximate surface area is 85.9 Å². The highest BCUT2D eigenvalue weighted by molar-refractivity contribution is 6.17. The first-order chi connectivity index (χ1) is 6.65. The molecule has 0 unspecified atom stereocenters. The van der Waals surface area contributed by atoms with Crippen molar-refractivity contribution in [3.05, 3.63) is 0 Å². The molecule has 6 heteroatoms. The topological polar surface area (TPSA) is 63.7 Å². The van der Waals surface area contributed by atoms with Gasteiger partial charge in [0.2, 0.25) is 0 Å². The van der Waals surface area contributed by atoms with Gasteiger partial charge >= 0.3 is 5.97 Å². The summed E-state index contributed by atoms with van der Waals surface area (Å²) in [6, 6.07) is 0. The molecule has 0 aromatic rings. The van der Waals surface area contributed by atoms with Crippen LogP contribution in [0.5, 0.6) is 0 Å². The molecule has 1 aliphatic heterocycles. The van der Waals surface area contributed by atoms with E-state index in [4.69, 9.17) is 11.6 Å². The summed E-state index contributed by atoms with van der Waals surface area (Å²) >= 11 is 5.36. The average Bonchev–Trinajstić information content (AvgIpc) is 2.46. The molecule has 0 radical (unpaired) electrons. The van der Waals surface area contributed by atoms with Crippen molar-refractivity contribution in [2.45, 2.75) is 25.7 Å². The lowest BCUT2D eigenvalue weighted by Gasteiger charge is -2.11. The summed E-state index contributed by atoms with van der Waals surface area (Å²) in [7, 11) is 0. The molecule has 5 nitrogen and oxygen atoms in total. The molecule has 2 amide bonds. The molecular weight excluding hydrogens is 210 g/mol. The first kappa shape index (κ1) is 11.0. The quantitative estimate of drug-likeness (QED) is 0.514. The van der Waals surface area contributed by atoms with Gasteiger partial charge in [0.15, 0.2) is 0 Å². The largest absolute Gasteiger partial charge is 0.333 e. The average molecular weight is 220 g/mol. The van der Waals surface area contributed by atoms with Crippen LogP contribution in [0.4, 0.5) is 0 Å². The minimum absolute atomic E-state index is 0.112. The Kier molecular flexibility index (Phi) is 3.88. The molecule has 0 aromatic heterocycles. The second-order valence-corrected chi connectivity index (χ2v) is 3.22. The molecule has 0 aliphatic carbocycles. The highest BCUT2D eigenvalue weighted by Crippen LogP contribution is 2.12. The lowest BCUT2D eigenvalue weighted by molar-refractivity contribution is -0.197. The fourth-order valence-corrected chi connectivity index (χ4v) is 1.15. The van der Waals surface area contributed by atoms with E-state index in [1.807, 2.05) is 0 Å². The maximum absolute atomic E-state index is 11.0. The van der Waals surface area contributed by atoms with Crippen molar-refractivity contribution in [2.75, 3.05) is 5.88 Å². The van der Waals surface area contributed by atoms with Gasteiger partial charge in [-0.15, -0.1) is 16.7 Å². The molecule has 0 atom stereocenters. The Hall–Kier alpha value is -1.10. The Balaban J connectivity index is 2.39. The number of halogens is 1. The number of alkyl halides is 1. The van der Waals surface area contributed by atoms with Crippen molar-refractivity contribution in [3.8, 4) is 0 Å². The standard InChI is InChI=1S/C8H10ClNO4/c9-5-1-2-8(13)14-10-6(11)3-4-7(10)12/h1-5H2. The molecule has 0 saturated carbocycles. The van der Waals surface area contributed by atoms with Crippen LogP contribution >= 0.6 is 11.6 Å². The summed E-state index contributed by atoms with van der Waals surface area (Å²) in [5.74, 6) is -1.19. The zero-order chi connectivity index (χ0) is 10.6. The molecule has 1 rings (SSSR count). The van der Waals surface area contributed by atoms with Gasteiger partial charge in [0.05, 0.1) is 0 Å². The molecule has 0 N–H and O–H groups in total. The second kappa shape index (κ2) is 4.95. The van der Waals surface area contributed by atoms with Crippen LogP contribution in [0.1, 0.15) is 25.7 Å². The van der Waals surface area contributed by atoms with Crippen LogP contribution in [-0.2, 0) is 19.2 Å². The molecule has 1 aliphatic rings. The van der Waals surface area contributed by atoms with Gasteiger partial charge in [0, 0.05) is 25.1 Å². The monoisotopic (exact) mass is 219 g/mol. The van der Waals surface area contributed by atoms with Gasteiger partial charge in [-0.3, -0.25) is 9.59 Å². The minimum Gasteiger partial charge on any atom is -0.330 e. The highest BCUT2D eigenvalue weighted by Gasteiger charge is 2.32. The summed E-state index contributed by atoms with van der Waals surface area (Å²) in [6.07, 6.45) is 0.806. The van der Waals surface area contributed by atoms with E-state index in [1.165, 1.54) is 0 Å². The molecule has 0 spiro atoms. The van der Waals surface area contributed by atoms with Crippen molar-refractivity contribution < 1.29 is 19.2 Å². The van der Waals surface area contributed by atoms with Gasteiger partial charge in [-0.05, 0) is 6.42 Å². The van der Waals surface area contributed by atoms with E-state index in [2.05, 4.69) is 4.84 Å². The highest BCUT2D eigenvalue weighted by atomic mass is 35.5. The van der Waals surface area contributed by atoms with Gasteiger partial charge in [-0.2, -0.15) is 0 Å². The second-order valence-electron chi connectivity index (χ2n) is 2.84. The maximum Gasteiger partial charge on any atom is 0.333 e. The molecule has 1 fully saturated rings. The van der Waals surface area contributed by atoms with E-state index in [9.17, 15) is 14.4 Å². The lowest BCUT2D eigenvalue weighted by atomic mass is 10.3. The third-order valence-electron chi connectivity index (χ3n) is 1.71. The lowest BCUT2D eigenvalue weighted by Crippen LogP contribution is -2.31. The van der Waals surface area contributed by atoms with Gasteiger partial charge in [-0.1, -0.05) is 0 Å². The van der Waals surface area contributed by atoms with Gasteiger partial charge in [0.25, 0.3) is 11.8 Å². The van der Waals surface area contributed by atoms with E-state index in [1.54, 1.807) is 0 Å². The molecule has 1 saturated heterocycles. The number of nitrogens with zero attached hydrogens (tertiary/aromatic N) is 1. The number of rotatable bonds is 4. The zero-order valence-electron chi connectivity index (χ0n) is 7.49. The van der Waals surface area contributed by atoms with E-state index >= 15 is 0 Å². The normalized spacial score (nSPS) is 16.2. The summed E-state index contributed by atoms with van der Waals surface area (Å²) in [6.45, 7) is 0. The van der Waals surface area contributed by atoms with Crippen molar-refractivity contribution in [1.82, 2.24) is 5.06 Å². The number of carbonyl (C=O) groups is 3. The number of hydrogen-bond acceptors (Lipinski definition) is 4. The van der Waals surface area contributed by atoms with Gasteiger partial charge in [0.1, 0.15) is 0 Å². The van der Waals surface area contributed by atoms with E-state index < -0.39 is 17.8 Å². The number of amides is 2. The first-order valence-electron chi connectivity index (χ1n) is 4.27. The molecule has 14 heavy (non-hydrogen) atoms. The third kappa shape index (κ3) is 2.70. The first-order valence-corrected chi connectivity index (χ1v) is 4.81. The molecule has 0 aromatic carbocycles. The summed E-state index contributed by atoms with van der Waals surface area (Å²) in [5.41, 5.74) is 0. The number of carbonyl (C=O) groups excluding carboxylic acids is 3. The summed E-state index contributed by atoms with van der Waals surface area (Å²) in [4.78, 5) is 37.6. The fourth-order valence-electron chi connectivity index (χ4n) is 1.02. The van der Waals surface area contributed by atoms with Crippen LogP contribution < -0.4 is 0 Å². The summed E-state index contributed by atoms with van der Waals surface area (Å²) < 4.78 is 0. The van der Waals surface area contributed by atoms with Crippen LogP contribution in [0.2, 0.25) is 0 Å². The molecule has 78 valence electrons. The zero-order valence-corrected chi connectivity index (χ0v) is 8.25. The maximum atomic E-state index is 11.0.